The average molecular weight is 260 g/mol. The Morgan fingerprint density at radius 2 is 1.53 bits per heavy atom. The summed E-state index contributed by atoms with van der Waals surface area (Å²) >= 11 is 0. The lowest BCUT2D eigenvalue weighted by atomic mass is 10.0. The molecule has 0 radical (unpaired) electrons. The molecule has 1 aliphatic carbocycles. The molecule has 0 unspecified atom stereocenters. The molecule has 98 valence electrons. The molecule has 0 aromatic heterocycles. The molecule has 0 fully saturated rings. The molecule has 5 nitrogen and oxygen atoms in total. The lowest BCUT2D eigenvalue weighted by Crippen LogP contribution is -2.17. The van der Waals surface area contributed by atoms with Crippen LogP contribution in [-0.2, 0) is 19.1 Å². The average Bonchev–Trinajstić information content (AvgIpc) is 2.76. The molecule has 0 amide bonds. The van der Waals surface area contributed by atoms with E-state index in [4.69, 9.17) is 0 Å². The van der Waals surface area contributed by atoms with Crippen LogP contribution in [0.15, 0.2) is 29.8 Å². The summed E-state index contributed by atoms with van der Waals surface area (Å²) in [5.41, 5.74) is 1.23. The van der Waals surface area contributed by atoms with E-state index in [9.17, 15) is 14.4 Å². The number of Topliss-reactive ketones (excluding diaryl/α,β-unsaturated/α-hetero) is 1. The van der Waals surface area contributed by atoms with E-state index in [1.165, 1.54) is 14.2 Å². The van der Waals surface area contributed by atoms with Crippen molar-refractivity contribution in [1.82, 2.24) is 0 Å². The first-order valence-corrected chi connectivity index (χ1v) is 5.62. The molecule has 1 aromatic rings. The van der Waals surface area contributed by atoms with Crippen LogP contribution < -0.4 is 0 Å². The SMILES string of the molecule is COC(=O)C(C(=O)OC)=C1CC(=O)c2ccccc21. The quantitative estimate of drug-likeness (QED) is 0.347. The van der Waals surface area contributed by atoms with Crippen LogP contribution in [0, 0.1) is 0 Å². The normalized spacial score (nSPS) is 12.9. The molecule has 1 aromatic carbocycles. The maximum atomic E-state index is 11.9. The largest absolute Gasteiger partial charge is 0.465 e. The maximum absolute atomic E-state index is 11.9. The van der Waals surface area contributed by atoms with Gasteiger partial charge >= 0.3 is 11.9 Å². The van der Waals surface area contributed by atoms with Gasteiger partial charge in [0.2, 0.25) is 0 Å². The topological polar surface area (TPSA) is 69.7 Å². The maximum Gasteiger partial charge on any atom is 0.345 e. The molecule has 0 saturated heterocycles. The molecule has 0 atom stereocenters. The first-order chi connectivity index (χ1) is 9.10. The summed E-state index contributed by atoms with van der Waals surface area (Å²) in [7, 11) is 2.35. The van der Waals surface area contributed by atoms with Crippen LogP contribution in [0.2, 0.25) is 0 Å². The molecule has 0 N–H and O–H groups in total. The number of hydrogen-bond donors (Lipinski definition) is 0. The van der Waals surface area contributed by atoms with Gasteiger partial charge in [0.05, 0.1) is 14.2 Å². The standard InChI is InChI=1S/C14H12O5/c1-18-13(16)12(14(17)19-2)10-7-11(15)9-6-4-3-5-8(9)10/h3-6H,7H2,1-2H3. The van der Waals surface area contributed by atoms with Gasteiger partial charge in [-0.3, -0.25) is 4.79 Å². The predicted molar refractivity (Wildman–Crippen MR) is 66.3 cm³/mol. The lowest BCUT2D eigenvalue weighted by molar-refractivity contribution is -0.143. The second-order valence-corrected chi connectivity index (χ2v) is 3.98. The van der Waals surface area contributed by atoms with Gasteiger partial charge in [0.15, 0.2) is 5.78 Å². The van der Waals surface area contributed by atoms with Crippen molar-refractivity contribution in [3.63, 3.8) is 0 Å². The van der Waals surface area contributed by atoms with E-state index in [0.29, 0.717) is 16.7 Å². The Hall–Kier alpha value is -2.43. The fourth-order valence-corrected chi connectivity index (χ4v) is 2.10. The minimum Gasteiger partial charge on any atom is -0.465 e. The van der Waals surface area contributed by atoms with E-state index in [1.54, 1.807) is 24.3 Å². The molecular formula is C14H12O5. The fourth-order valence-electron chi connectivity index (χ4n) is 2.10. The van der Waals surface area contributed by atoms with Gasteiger partial charge in [0.1, 0.15) is 5.57 Å². The molecule has 0 bridgehead atoms. The second-order valence-electron chi connectivity index (χ2n) is 3.98. The molecule has 0 heterocycles. The predicted octanol–water partition coefficient (Wildman–Crippen LogP) is 1.37. The minimum absolute atomic E-state index is 0.00111. The monoisotopic (exact) mass is 260 g/mol. The molecule has 0 aliphatic heterocycles. The van der Waals surface area contributed by atoms with Gasteiger partial charge in [-0.15, -0.1) is 0 Å². The molecule has 19 heavy (non-hydrogen) atoms. The van der Waals surface area contributed by atoms with Crippen molar-refractivity contribution in [3.05, 3.63) is 41.0 Å². The van der Waals surface area contributed by atoms with Crippen molar-refractivity contribution in [1.29, 1.82) is 0 Å². The zero-order valence-corrected chi connectivity index (χ0v) is 10.6. The molecular weight excluding hydrogens is 248 g/mol. The Balaban J connectivity index is 2.66. The van der Waals surface area contributed by atoms with Gasteiger partial charge < -0.3 is 9.47 Å². The number of ketones is 1. The summed E-state index contributed by atoms with van der Waals surface area (Å²) in [6.07, 6.45) is -0.00111. The summed E-state index contributed by atoms with van der Waals surface area (Å²) in [6, 6.07) is 6.83. The first-order valence-electron chi connectivity index (χ1n) is 5.62. The number of benzene rings is 1. The Bertz CT molecular complexity index is 580. The minimum atomic E-state index is -0.800. The summed E-state index contributed by atoms with van der Waals surface area (Å²) in [5, 5.41) is 0. The summed E-state index contributed by atoms with van der Waals surface area (Å²) < 4.78 is 9.18. The van der Waals surface area contributed by atoms with Crippen molar-refractivity contribution in [2.24, 2.45) is 0 Å². The van der Waals surface area contributed by atoms with Crippen LogP contribution in [0.1, 0.15) is 22.3 Å². The number of carbonyl (C=O) groups excluding carboxylic acids is 3. The number of carbonyl (C=O) groups is 3. The molecule has 2 rings (SSSR count). The Morgan fingerprint density at radius 1 is 1.00 bits per heavy atom. The van der Waals surface area contributed by atoms with Gasteiger partial charge in [-0.1, -0.05) is 24.3 Å². The number of methoxy groups -OCH3 is 2. The molecule has 0 saturated carbocycles. The zero-order valence-electron chi connectivity index (χ0n) is 10.6. The molecule has 0 spiro atoms. The third kappa shape index (κ3) is 2.14. The van der Waals surface area contributed by atoms with Crippen LogP contribution in [-0.4, -0.2) is 31.9 Å². The van der Waals surface area contributed by atoms with E-state index < -0.39 is 11.9 Å². The van der Waals surface area contributed by atoms with Gasteiger partial charge in [0.25, 0.3) is 0 Å². The van der Waals surface area contributed by atoms with Gasteiger partial charge in [-0.2, -0.15) is 0 Å². The fraction of sp³-hybridized carbons (Fsp3) is 0.214. The lowest BCUT2D eigenvalue weighted by Gasteiger charge is -2.07. The number of fused-ring (bicyclic) bond motifs is 1. The van der Waals surface area contributed by atoms with Crippen molar-refractivity contribution >= 4 is 23.3 Å². The van der Waals surface area contributed by atoms with E-state index in [2.05, 4.69) is 9.47 Å². The highest BCUT2D eigenvalue weighted by Crippen LogP contribution is 2.35. The Morgan fingerprint density at radius 3 is 2.05 bits per heavy atom. The smallest absolute Gasteiger partial charge is 0.345 e. The van der Waals surface area contributed by atoms with Crippen LogP contribution in [0.25, 0.3) is 5.57 Å². The number of esters is 2. The Kier molecular flexibility index (Phi) is 3.46. The van der Waals surface area contributed by atoms with Gasteiger partial charge in [-0.25, -0.2) is 9.59 Å². The van der Waals surface area contributed by atoms with E-state index in [1.807, 2.05) is 0 Å². The van der Waals surface area contributed by atoms with Crippen LogP contribution >= 0.6 is 0 Å². The van der Waals surface area contributed by atoms with E-state index >= 15 is 0 Å². The highest BCUT2D eigenvalue weighted by molar-refractivity contribution is 6.25. The van der Waals surface area contributed by atoms with E-state index in [0.717, 1.165) is 0 Å². The summed E-state index contributed by atoms with van der Waals surface area (Å²) in [5.74, 6) is -1.73. The zero-order chi connectivity index (χ0) is 14.0. The van der Waals surface area contributed by atoms with Crippen molar-refractivity contribution in [2.45, 2.75) is 6.42 Å². The van der Waals surface area contributed by atoms with Gasteiger partial charge in [0, 0.05) is 12.0 Å². The van der Waals surface area contributed by atoms with Crippen molar-refractivity contribution in [2.75, 3.05) is 14.2 Å². The number of hydrogen-bond acceptors (Lipinski definition) is 5. The van der Waals surface area contributed by atoms with Crippen LogP contribution in [0.4, 0.5) is 0 Å². The van der Waals surface area contributed by atoms with Crippen molar-refractivity contribution < 1.29 is 23.9 Å². The number of allylic oxidation sites excluding steroid dienone is 1. The Labute approximate surface area is 109 Å². The first kappa shape index (κ1) is 13.0. The number of rotatable bonds is 2. The van der Waals surface area contributed by atoms with Crippen LogP contribution in [0.5, 0.6) is 0 Å². The van der Waals surface area contributed by atoms with Gasteiger partial charge in [-0.05, 0) is 11.1 Å². The third-order valence-corrected chi connectivity index (χ3v) is 2.97. The third-order valence-electron chi connectivity index (χ3n) is 2.97. The molecule has 5 heteroatoms. The second kappa shape index (κ2) is 5.06. The van der Waals surface area contributed by atoms with Crippen LogP contribution in [0.3, 0.4) is 0 Å². The highest BCUT2D eigenvalue weighted by Gasteiger charge is 2.32. The van der Waals surface area contributed by atoms with Crippen molar-refractivity contribution in [3.8, 4) is 0 Å². The highest BCUT2D eigenvalue weighted by atomic mass is 16.5. The number of ether oxygens (including phenoxy) is 2. The molecule has 1 aliphatic rings. The van der Waals surface area contributed by atoms with E-state index in [-0.39, 0.29) is 17.8 Å². The summed E-state index contributed by atoms with van der Waals surface area (Å²) in [6.45, 7) is 0. The summed E-state index contributed by atoms with van der Waals surface area (Å²) in [4.78, 5) is 35.3.